The molecule has 2 aromatic carbocycles. The lowest BCUT2D eigenvalue weighted by atomic mass is 10.1. The predicted molar refractivity (Wildman–Crippen MR) is 160 cm³/mol. The number of unbranched alkanes of at least 4 members (excludes halogenated alkanes) is 7. The van der Waals surface area contributed by atoms with Crippen molar-refractivity contribution in [3.8, 4) is 28.5 Å². The molecule has 1 heterocycles. The molecule has 0 aliphatic carbocycles. The minimum Gasteiger partial charge on any atom is -0.494 e. The molecule has 3 aromatic rings. The number of esters is 2. The van der Waals surface area contributed by atoms with Gasteiger partial charge in [-0.05, 0) is 79.9 Å². The molecule has 3 rings (SSSR count). The second-order valence-electron chi connectivity index (χ2n) is 9.71. The number of carbonyl (C=O) groups is 2. The topological polar surface area (TPSA) is 84.0 Å². The first kappa shape index (κ1) is 31.4. The van der Waals surface area contributed by atoms with E-state index in [1.54, 1.807) is 42.6 Å². The summed E-state index contributed by atoms with van der Waals surface area (Å²) in [6.45, 7) is 7.30. The summed E-state index contributed by atoms with van der Waals surface area (Å²) in [5.41, 5.74) is 2.21. The van der Waals surface area contributed by atoms with Gasteiger partial charge in [-0.15, -0.1) is 0 Å². The lowest BCUT2D eigenvalue weighted by molar-refractivity contribution is -0.137. The summed E-state index contributed by atoms with van der Waals surface area (Å²) in [5.74, 6) is 1.18. The molecule has 7 heteroatoms. The Hall–Kier alpha value is -4.13. The first-order chi connectivity index (χ1) is 20.1. The SMILES string of the molecule is C=CC(=O)OCCCCCCCCCOc1ccc(C(=O)Oc2ccc(-c3ccc(OCCCC)cn3)cc2)cc1. The fraction of sp³-hybridized carbons (Fsp3) is 0.382. The van der Waals surface area contributed by atoms with Crippen LogP contribution in [-0.2, 0) is 9.53 Å². The van der Waals surface area contributed by atoms with Gasteiger partial charge in [0.05, 0.1) is 37.3 Å². The van der Waals surface area contributed by atoms with Crippen molar-refractivity contribution in [2.75, 3.05) is 19.8 Å². The number of hydrogen-bond donors (Lipinski definition) is 0. The van der Waals surface area contributed by atoms with Crippen molar-refractivity contribution in [1.82, 2.24) is 4.98 Å². The van der Waals surface area contributed by atoms with Gasteiger partial charge in [0, 0.05) is 11.6 Å². The van der Waals surface area contributed by atoms with Crippen molar-refractivity contribution >= 4 is 11.9 Å². The highest BCUT2D eigenvalue weighted by Gasteiger charge is 2.10. The van der Waals surface area contributed by atoms with E-state index < -0.39 is 5.97 Å². The van der Waals surface area contributed by atoms with E-state index in [1.807, 2.05) is 24.3 Å². The maximum Gasteiger partial charge on any atom is 0.343 e. The molecule has 218 valence electrons. The lowest BCUT2D eigenvalue weighted by Gasteiger charge is -2.09. The van der Waals surface area contributed by atoms with Gasteiger partial charge in [-0.25, -0.2) is 9.59 Å². The van der Waals surface area contributed by atoms with Gasteiger partial charge < -0.3 is 18.9 Å². The van der Waals surface area contributed by atoms with Crippen LogP contribution in [0.25, 0.3) is 11.3 Å². The second-order valence-corrected chi connectivity index (χ2v) is 9.71. The molecule has 7 nitrogen and oxygen atoms in total. The molecule has 0 saturated carbocycles. The second kappa shape index (κ2) is 18.3. The number of ether oxygens (including phenoxy) is 4. The number of carbonyl (C=O) groups excluding carboxylic acids is 2. The fourth-order valence-electron chi connectivity index (χ4n) is 4.03. The van der Waals surface area contributed by atoms with Crippen molar-refractivity contribution in [3.05, 3.63) is 85.1 Å². The van der Waals surface area contributed by atoms with Crippen molar-refractivity contribution in [3.63, 3.8) is 0 Å². The molecule has 0 saturated heterocycles. The van der Waals surface area contributed by atoms with Gasteiger partial charge >= 0.3 is 11.9 Å². The van der Waals surface area contributed by atoms with Gasteiger partial charge in [0.1, 0.15) is 17.2 Å². The van der Waals surface area contributed by atoms with Crippen molar-refractivity contribution in [2.45, 2.75) is 64.7 Å². The van der Waals surface area contributed by atoms with E-state index >= 15 is 0 Å². The molecule has 0 unspecified atom stereocenters. The standard InChI is InChI=1S/C34H41NO6/c1-3-5-23-39-31-21-22-32(35-26-31)27-13-19-30(20-14-27)41-34(37)28-15-17-29(18-16-28)38-24-11-9-7-6-8-10-12-25-40-33(36)4-2/h4,13-22,26H,2-3,5-12,23-25H2,1H3. The van der Waals surface area contributed by atoms with E-state index in [4.69, 9.17) is 18.9 Å². The zero-order valence-electron chi connectivity index (χ0n) is 24.0. The van der Waals surface area contributed by atoms with Gasteiger partial charge in [-0.1, -0.05) is 52.0 Å². The molecule has 0 atom stereocenters. The molecule has 0 aliphatic heterocycles. The van der Waals surface area contributed by atoms with Crippen molar-refractivity contribution in [2.24, 2.45) is 0 Å². The van der Waals surface area contributed by atoms with E-state index in [0.717, 1.165) is 80.5 Å². The molecule has 0 N–H and O–H groups in total. The number of pyridine rings is 1. The van der Waals surface area contributed by atoms with Crippen molar-refractivity contribution < 1.29 is 28.5 Å². The predicted octanol–water partition coefficient (Wildman–Crippen LogP) is 7.99. The Balaban J connectivity index is 1.31. The Kier molecular flexibility index (Phi) is 14.0. The Morgan fingerprint density at radius 1 is 0.707 bits per heavy atom. The highest BCUT2D eigenvalue weighted by molar-refractivity contribution is 5.91. The molecular weight excluding hydrogens is 518 g/mol. The van der Waals surface area contributed by atoms with Gasteiger partial charge in [0.25, 0.3) is 0 Å². The summed E-state index contributed by atoms with van der Waals surface area (Å²) in [5, 5.41) is 0. The maximum atomic E-state index is 12.6. The molecule has 0 fully saturated rings. The Morgan fingerprint density at radius 3 is 1.93 bits per heavy atom. The van der Waals surface area contributed by atoms with Crippen LogP contribution in [0, 0.1) is 0 Å². The Labute approximate surface area is 243 Å². The number of rotatable bonds is 19. The first-order valence-corrected chi connectivity index (χ1v) is 14.5. The minimum atomic E-state index is -0.421. The molecule has 0 aliphatic rings. The van der Waals surface area contributed by atoms with Crippen LogP contribution in [0.3, 0.4) is 0 Å². The largest absolute Gasteiger partial charge is 0.494 e. The van der Waals surface area contributed by atoms with Crippen molar-refractivity contribution in [1.29, 1.82) is 0 Å². The van der Waals surface area contributed by atoms with Crippen LogP contribution in [0.4, 0.5) is 0 Å². The van der Waals surface area contributed by atoms with Crippen LogP contribution in [0.1, 0.15) is 75.1 Å². The maximum absolute atomic E-state index is 12.6. The zero-order chi connectivity index (χ0) is 29.1. The normalized spacial score (nSPS) is 10.6. The Morgan fingerprint density at radius 2 is 1.29 bits per heavy atom. The monoisotopic (exact) mass is 559 g/mol. The van der Waals surface area contributed by atoms with Gasteiger partial charge in [-0.2, -0.15) is 0 Å². The fourth-order valence-corrected chi connectivity index (χ4v) is 4.03. The summed E-state index contributed by atoms with van der Waals surface area (Å²) < 4.78 is 22.0. The van der Waals surface area contributed by atoms with E-state index in [-0.39, 0.29) is 5.97 Å². The van der Waals surface area contributed by atoms with E-state index in [9.17, 15) is 9.59 Å². The van der Waals surface area contributed by atoms with Gasteiger partial charge in [0.2, 0.25) is 0 Å². The quantitative estimate of drug-likeness (QED) is 0.0637. The number of benzene rings is 2. The van der Waals surface area contributed by atoms with Crippen LogP contribution in [-0.4, -0.2) is 36.7 Å². The molecule has 1 aromatic heterocycles. The molecule has 0 amide bonds. The summed E-state index contributed by atoms with van der Waals surface area (Å²) in [6, 6.07) is 18.1. The molecule has 41 heavy (non-hydrogen) atoms. The molecular formula is C34H41NO6. The summed E-state index contributed by atoms with van der Waals surface area (Å²) in [4.78, 5) is 28.0. The third-order valence-electron chi connectivity index (χ3n) is 6.42. The number of nitrogens with zero attached hydrogens (tertiary/aromatic N) is 1. The highest BCUT2D eigenvalue weighted by atomic mass is 16.5. The van der Waals surface area contributed by atoms with Gasteiger partial charge in [-0.3, -0.25) is 4.98 Å². The molecule has 0 bridgehead atoms. The minimum absolute atomic E-state index is 0.356. The third-order valence-corrected chi connectivity index (χ3v) is 6.42. The average molecular weight is 560 g/mol. The molecule has 0 radical (unpaired) electrons. The highest BCUT2D eigenvalue weighted by Crippen LogP contribution is 2.23. The number of hydrogen-bond acceptors (Lipinski definition) is 7. The van der Waals surface area contributed by atoms with Crippen LogP contribution in [0.2, 0.25) is 0 Å². The number of aromatic nitrogens is 1. The van der Waals surface area contributed by atoms with Crippen LogP contribution >= 0.6 is 0 Å². The Bertz CT molecular complexity index is 1190. The average Bonchev–Trinajstić information content (AvgIpc) is 3.01. The summed E-state index contributed by atoms with van der Waals surface area (Å²) >= 11 is 0. The summed E-state index contributed by atoms with van der Waals surface area (Å²) in [6.07, 6.45) is 12.5. The summed E-state index contributed by atoms with van der Waals surface area (Å²) in [7, 11) is 0. The first-order valence-electron chi connectivity index (χ1n) is 14.5. The zero-order valence-corrected chi connectivity index (χ0v) is 24.0. The van der Waals surface area contributed by atoms with Crippen LogP contribution < -0.4 is 14.2 Å². The van der Waals surface area contributed by atoms with Crippen LogP contribution in [0.5, 0.6) is 17.2 Å². The van der Waals surface area contributed by atoms with E-state index in [2.05, 4.69) is 18.5 Å². The van der Waals surface area contributed by atoms with E-state index in [0.29, 0.717) is 31.1 Å². The lowest BCUT2D eigenvalue weighted by Crippen LogP contribution is -2.08. The van der Waals surface area contributed by atoms with E-state index in [1.165, 1.54) is 6.08 Å². The molecule has 0 spiro atoms. The van der Waals surface area contributed by atoms with Crippen LogP contribution in [0.15, 0.2) is 79.5 Å². The third kappa shape index (κ3) is 11.9. The smallest absolute Gasteiger partial charge is 0.343 e. The van der Waals surface area contributed by atoms with Gasteiger partial charge in [0.15, 0.2) is 0 Å².